The number of rotatable bonds is 7. The molecular formula is C14H30. The smallest absolute Gasteiger partial charge is 0.0277 e. The van der Waals surface area contributed by atoms with Crippen LogP contribution in [-0.4, -0.2) is 0 Å². The second-order valence-electron chi connectivity index (χ2n) is 5.45. The maximum absolute atomic E-state index is 2.49. The fraction of sp³-hybridized carbons (Fsp3) is 1.00. The van der Waals surface area contributed by atoms with E-state index in [2.05, 4.69) is 41.5 Å². The van der Waals surface area contributed by atoms with Crippen LogP contribution >= 0.6 is 0 Å². The van der Waals surface area contributed by atoms with E-state index in [1.54, 1.807) is 0 Å². The highest BCUT2D eigenvalue weighted by Crippen LogP contribution is 2.42. The zero-order valence-electron chi connectivity index (χ0n) is 11.2. The summed E-state index contributed by atoms with van der Waals surface area (Å²) in [6.07, 6.45) is 6.85. The molecule has 0 aliphatic carbocycles. The van der Waals surface area contributed by atoms with Crippen LogP contribution in [0.15, 0.2) is 0 Å². The first-order valence-electron chi connectivity index (χ1n) is 6.49. The van der Waals surface area contributed by atoms with Gasteiger partial charge in [-0.3, -0.25) is 0 Å². The summed E-state index contributed by atoms with van der Waals surface area (Å²) in [6.45, 7) is 14.3. The molecule has 0 aromatic carbocycles. The Morgan fingerprint density at radius 1 is 1.00 bits per heavy atom. The molecular weight excluding hydrogens is 168 g/mol. The van der Waals surface area contributed by atoms with Crippen molar-refractivity contribution in [1.82, 2.24) is 0 Å². The predicted octanol–water partition coefficient (Wildman–Crippen LogP) is 5.28. The summed E-state index contributed by atoms with van der Waals surface area (Å²) >= 11 is 0. The Hall–Kier alpha value is 0. The molecule has 86 valence electrons. The molecule has 2 atom stereocenters. The Morgan fingerprint density at radius 3 is 1.93 bits per heavy atom. The molecule has 0 heterocycles. The molecule has 2 unspecified atom stereocenters. The van der Waals surface area contributed by atoms with Crippen molar-refractivity contribution in [1.29, 1.82) is 0 Å². The Labute approximate surface area is 91.5 Å². The maximum atomic E-state index is 2.49. The van der Waals surface area contributed by atoms with Gasteiger partial charge in [0.1, 0.15) is 0 Å². The van der Waals surface area contributed by atoms with E-state index in [1.807, 2.05) is 0 Å². The van der Waals surface area contributed by atoms with Crippen LogP contribution in [0.4, 0.5) is 0 Å². The predicted molar refractivity (Wildman–Crippen MR) is 66.5 cm³/mol. The van der Waals surface area contributed by atoms with Crippen molar-refractivity contribution in [3.8, 4) is 0 Å². The highest BCUT2D eigenvalue weighted by Gasteiger charge is 2.32. The first-order chi connectivity index (χ1) is 6.49. The van der Waals surface area contributed by atoms with Gasteiger partial charge in [0.25, 0.3) is 0 Å². The van der Waals surface area contributed by atoms with E-state index in [0.29, 0.717) is 5.41 Å². The van der Waals surface area contributed by atoms with Crippen LogP contribution in [0, 0.1) is 17.3 Å². The minimum atomic E-state index is 0.562. The van der Waals surface area contributed by atoms with Crippen molar-refractivity contribution in [2.45, 2.75) is 73.6 Å². The van der Waals surface area contributed by atoms with Gasteiger partial charge in [-0.25, -0.2) is 0 Å². The third-order valence-electron chi connectivity index (χ3n) is 4.24. The van der Waals surface area contributed by atoms with E-state index in [0.717, 1.165) is 11.8 Å². The van der Waals surface area contributed by atoms with E-state index < -0.39 is 0 Å². The van der Waals surface area contributed by atoms with Gasteiger partial charge in [-0.1, -0.05) is 67.2 Å². The molecule has 0 fully saturated rings. The van der Waals surface area contributed by atoms with Gasteiger partial charge >= 0.3 is 0 Å². The summed E-state index contributed by atoms with van der Waals surface area (Å²) in [4.78, 5) is 0. The molecule has 0 spiro atoms. The van der Waals surface area contributed by atoms with E-state index in [9.17, 15) is 0 Å². The molecule has 0 rings (SSSR count). The Morgan fingerprint density at radius 2 is 1.57 bits per heavy atom. The van der Waals surface area contributed by atoms with Crippen LogP contribution in [0.1, 0.15) is 73.6 Å². The molecule has 0 saturated heterocycles. The molecule has 0 bridgehead atoms. The lowest BCUT2D eigenvalue weighted by Gasteiger charge is -2.40. The van der Waals surface area contributed by atoms with Gasteiger partial charge in [0.2, 0.25) is 0 Å². The third kappa shape index (κ3) is 3.63. The van der Waals surface area contributed by atoms with E-state index >= 15 is 0 Å². The summed E-state index contributed by atoms with van der Waals surface area (Å²) < 4.78 is 0. The first-order valence-corrected chi connectivity index (χ1v) is 6.49. The largest absolute Gasteiger partial charge is 0.0654 e. The molecule has 0 aromatic heterocycles. The van der Waals surface area contributed by atoms with Crippen LogP contribution in [0.5, 0.6) is 0 Å². The summed E-state index contributed by atoms with van der Waals surface area (Å²) in [5.74, 6) is 1.69. The summed E-state index contributed by atoms with van der Waals surface area (Å²) in [5, 5.41) is 0. The average molecular weight is 198 g/mol. The lowest BCUT2D eigenvalue weighted by atomic mass is 9.65. The number of hydrogen-bond donors (Lipinski definition) is 0. The van der Waals surface area contributed by atoms with Crippen LogP contribution < -0.4 is 0 Å². The van der Waals surface area contributed by atoms with Crippen molar-refractivity contribution in [2.75, 3.05) is 0 Å². The first kappa shape index (κ1) is 14.0. The summed E-state index contributed by atoms with van der Waals surface area (Å²) in [5.41, 5.74) is 0.562. The Bertz CT molecular complexity index is 137. The molecule has 0 heteroatoms. The van der Waals surface area contributed by atoms with Crippen LogP contribution in [0.2, 0.25) is 0 Å². The fourth-order valence-electron chi connectivity index (χ4n) is 2.42. The molecule has 0 N–H and O–H groups in total. The Kier molecular flexibility index (Phi) is 6.48. The van der Waals surface area contributed by atoms with E-state index in [-0.39, 0.29) is 0 Å². The molecule has 0 aromatic rings. The van der Waals surface area contributed by atoms with Crippen LogP contribution in [0.25, 0.3) is 0 Å². The van der Waals surface area contributed by atoms with Gasteiger partial charge in [-0.2, -0.15) is 0 Å². The SMILES string of the molecule is CCCCC(C)(C(C)C)C(C)CCC. The molecule has 0 amide bonds. The van der Waals surface area contributed by atoms with Crippen molar-refractivity contribution in [2.24, 2.45) is 17.3 Å². The normalized spacial score (nSPS) is 18.2. The van der Waals surface area contributed by atoms with E-state index in [4.69, 9.17) is 0 Å². The highest BCUT2D eigenvalue weighted by atomic mass is 14.4. The zero-order chi connectivity index (χ0) is 11.2. The Balaban J connectivity index is 4.36. The topological polar surface area (TPSA) is 0 Å². The lowest BCUT2D eigenvalue weighted by Crippen LogP contribution is -2.31. The molecule has 0 aliphatic rings. The summed E-state index contributed by atoms with van der Waals surface area (Å²) in [6, 6.07) is 0. The molecule has 0 radical (unpaired) electrons. The summed E-state index contributed by atoms with van der Waals surface area (Å²) in [7, 11) is 0. The van der Waals surface area contributed by atoms with Gasteiger partial charge in [-0.05, 0) is 23.7 Å². The molecule has 0 saturated carbocycles. The lowest BCUT2D eigenvalue weighted by molar-refractivity contribution is 0.101. The number of unbranched alkanes of at least 4 members (excludes halogenated alkanes) is 1. The van der Waals surface area contributed by atoms with Crippen LogP contribution in [-0.2, 0) is 0 Å². The van der Waals surface area contributed by atoms with Crippen molar-refractivity contribution >= 4 is 0 Å². The molecule has 0 aliphatic heterocycles. The van der Waals surface area contributed by atoms with Gasteiger partial charge in [0.05, 0.1) is 0 Å². The van der Waals surface area contributed by atoms with Crippen molar-refractivity contribution < 1.29 is 0 Å². The quantitative estimate of drug-likeness (QED) is 0.522. The zero-order valence-corrected chi connectivity index (χ0v) is 11.2. The third-order valence-corrected chi connectivity index (χ3v) is 4.24. The van der Waals surface area contributed by atoms with Gasteiger partial charge in [0, 0.05) is 0 Å². The van der Waals surface area contributed by atoms with Gasteiger partial charge in [0.15, 0.2) is 0 Å². The van der Waals surface area contributed by atoms with Crippen molar-refractivity contribution in [3.05, 3.63) is 0 Å². The highest BCUT2D eigenvalue weighted by molar-refractivity contribution is 4.82. The molecule has 0 nitrogen and oxygen atoms in total. The second-order valence-corrected chi connectivity index (χ2v) is 5.45. The average Bonchev–Trinajstić information content (AvgIpc) is 2.14. The van der Waals surface area contributed by atoms with Crippen LogP contribution in [0.3, 0.4) is 0 Å². The minimum Gasteiger partial charge on any atom is -0.0654 e. The number of hydrogen-bond acceptors (Lipinski definition) is 0. The van der Waals surface area contributed by atoms with E-state index in [1.165, 1.54) is 32.1 Å². The van der Waals surface area contributed by atoms with Crippen molar-refractivity contribution in [3.63, 3.8) is 0 Å². The monoisotopic (exact) mass is 198 g/mol. The second kappa shape index (κ2) is 6.48. The molecule has 14 heavy (non-hydrogen) atoms. The van der Waals surface area contributed by atoms with Gasteiger partial charge < -0.3 is 0 Å². The fourth-order valence-corrected chi connectivity index (χ4v) is 2.42. The standard InChI is InChI=1S/C14H30/c1-7-9-11-14(6,12(3)4)13(5)10-8-2/h12-13H,7-11H2,1-6H3. The minimum absolute atomic E-state index is 0.562. The van der Waals surface area contributed by atoms with Gasteiger partial charge in [-0.15, -0.1) is 0 Å². The maximum Gasteiger partial charge on any atom is -0.0277 e.